The standard InChI is InChI=1S/C12H14N6O3/c1-7-10(18(19)20)11(17-12(13)16-7)15-6-8-3-4-9(21-2)14-5-8/h3-5H,6H2,1-2H3,(H3,13,15,16,17). The summed E-state index contributed by atoms with van der Waals surface area (Å²) in [6.07, 6.45) is 1.61. The highest BCUT2D eigenvalue weighted by molar-refractivity contribution is 5.60. The topological polar surface area (TPSA) is 129 Å². The summed E-state index contributed by atoms with van der Waals surface area (Å²) in [6, 6.07) is 3.49. The fourth-order valence-electron chi connectivity index (χ4n) is 1.75. The number of rotatable bonds is 5. The Kier molecular flexibility index (Phi) is 4.12. The largest absolute Gasteiger partial charge is 0.481 e. The van der Waals surface area contributed by atoms with E-state index in [9.17, 15) is 10.1 Å². The number of nitrogens with two attached hydrogens (primary N) is 1. The summed E-state index contributed by atoms with van der Waals surface area (Å²) in [5.41, 5.74) is 6.36. The lowest BCUT2D eigenvalue weighted by molar-refractivity contribution is -0.385. The third kappa shape index (κ3) is 3.32. The number of anilines is 2. The maximum absolute atomic E-state index is 11.1. The van der Waals surface area contributed by atoms with E-state index in [-0.39, 0.29) is 23.1 Å². The molecule has 110 valence electrons. The highest BCUT2D eigenvalue weighted by Gasteiger charge is 2.21. The summed E-state index contributed by atoms with van der Waals surface area (Å²) in [6.45, 7) is 1.82. The molecule has 0 radical (unpaired) electrons. The van der Waals surface area contributed by atoms with Crippen LogP contribution in [-0.4, -0.2) is 27.0 Å². The van der Waals surface area contributed by atoms with Crippen molar-refractivity contribution in [1.82, 2.24) is 15.0 Å². The molecule has 0 amide bonds. The molecule has 2 heterocycles. The fourth-order valence-corrected chi connectivity index (χ4v) is 1.75. The van der Waals surface area contributed by atoms with Crippen LogP contribution in [0.1, 0.15) is 11.3 Å². The molecule has 2 aromatic rings. The first-order chi connectivity index (χ1) is 10.0. The van der Waals surface area contributed by atoms with Gasteiger partial charge in [0.15, 0.2) is 0 Å². The van der Waals surface area contributed by atoms with Crippen LogP contribution < -0.4 is 15.8 Å². The fraction of sp³-hybridized carbons (Fsp3) is 0.250. The number of hydrogen-bond donors (Lipinski definition) is 2. The van der Waals surface area contributed by atoms with Gasteiger partial charge in [-0.15, -0.1) is 0 Å². The first-order valence-corrected chi connectivity index (χ1v) is 6.02. The van der Waals surface area contributed by atoms with Crippen molar-refractivity contribution in [3.05, 3.63) is 39.7 Å². The van der Waals surface area contributed by atoms with E-state index in [1.54, 1.807) is 18.3 Å². The summed E-state index contributed by atoms with van der Waals surface area (Å²) < 4.78 is 4.96. The molecule has 0 atom stereocenters. The van der Waals surface area contributed by atoms with Gasteiger partial charge in [-0.3, -0.25) is 10.1 Å². The van der Waals surface area contributed by atoms with Crippen molar-refractivity contribution in [2.75, 3.05) is 18.2 Å². The van der Waals surface area contributed by atoms with Crippen LogP contribution in [0.15, 0.2) is 18.3 Å². The summed E-state index contributed by atoms with van der Waals surface area (Å²) in [5, 5.41) is 13.9. The van der Waals surface area contributed by atoms with E-state index in [2.05, 4.69) is 20.3 Å². The van der Waals surface area contributed by atoms with Crippen molar-refractivity contribution in [2.45, 2.75) is 13.5 Å². The Morgan fingerprint density at radius 3 is 2.76 bits per heavy atom. The van der Waals surface area contributed by atoms with Gasteiger partial charge in [0.25, 0.3) is 0 Å². The number of methoxy groups -OCH3 is 1. The minimum atomic E-state index is -0.538. The lowest BCUT2D eigenvalue weighted by Crippen LogP contribution is -2.09. The van der Waals surface area contributed by atoms with Gasteiger partial charge in [0.2, 0.25) is 17.6 Å². The number of nitrogens with one attached hydrogen (secondary N) is 1. The van der Waals surface area contributed by atoms with Crippen LogP contribution in [0.5, 0.6) is 5.88 Å². The maximum Gasteiger partial charge on any atom is 0.332 e. The molecule has 0 aliphatic carbocycles. The second kappa shape index (κ2) is 5.99. The van der Waals surface area contributed by atoms with Gasteiger partial charge in [-0.25, -0.2) is 9.97 Å². The molecule has 2 aromatic heterocycles. The molecule has 0 spiro atoms. The molecule has 0 bridgehead atoms. The zero-order chi connectivity index (χ0) is 15.4. The second-order valence-corrected chi connectivity index (χ2v) is 4.18. The van der Waals surface area contributed by atoms with Crippen LogP contribution in [0, 0.1) is 17.0 Å². The summed E-state index contributed by atoms with van der Waals surface area (Å²) in [7, 11) is 1.52. The van der Waals surface area contributed by atoms with E-state index in [0.29, 0.717) is 12.4 Å². The number of nitro groups is 1. The van der Waals surface area contributed by atoms with E-state index in [1.807, 2.05) is 0 Å². The van der Waals surface area contributed by atoms with Crippen LogP contribution >= 0.6 is 0 Å². The average Bonchev–Trinajstić information content (AvgIpc) is 2.44. The average molecular weight is 290 g/mol. The van der Waals surface area contributed by atoms with Crippen molar-refractivity contribution in [3.8, 4) is 5.88 Å². The Bertz CT molecular complexity index is 659. The molecular formula is C12H14N6O3. The Morgan fingerprint density at radius 1 is 1.43 bits per heavy atom. The Labute approximate surface area is 120 Å². The molecule has 21 heavy (non-hydrogen) atoms. The molecule has 2 rings (SSSR count). The van der Waals surface area contributed by atoms with Gasteiger partial charge in [0, 0.05) is 18.8 Å². The molecule has 0 aliphatic heterocycles. The van der Waals surface area contributed by atoms with Crippen molar-refractivity contribution < 1.29 is 9.66 Å². The first-order valence-electron chi connectivity index (χ1n) is 6.02. The molecule has 0 unspecified atom stereocenters. The number of nitrogen functional groups attached to an aromatic ring is 1. The number of aromatic nitrogens is 3. The highest BCUT2D eigenvalue weighted by atomic mass is 16.6. The third-order valence-electron chi connectivity index (χ3n) is 2.72. The predicted octanol–water partition coefficient (Wildman–Crippen LogP) is 1.29. The van der Waals surface area contributed by atoms with Crippen molar-refractivity contribution in [2.24, 2.45) is 0 Å². The predicted molar refractivity (Wildman–Crippen MR) is 76.0 cm³/mol. The third-order valence-corrected chi connectivity index (χ3v) is 2.72. The summed E-state index contributed by atoms with van der Waals surface area (Å²) in [5.74, 6) is 0.557. The monoisotopic (exact) mass is 290 g/mol. The van der Waals surface area contributed by atoms with Gasteiger partial charge in [-0.1, -0.05) is 6.07 Å². The number of aryl methyl sites for hydroxylation is 1. The van der Waals surface area contributed by atoms with Gasteiger partial charge >= 0.3 is 5.69 Å². The smallest absolute Gasteiger partial charge is 0.332 e. The Balaban J connectivity index is 2.20. The molecule has 3 N–H and O–H groups in total. The molecule has 0 fully saturated rings. The SMILES string of the molecule is COc1ccc(CNc2nc(N)nc(C)c2[N+](=O)[O-])cn1. The zero-order valence-electron chi connectivity index (χ0n) is 11.5. The van der Waals surface area contributed by atoms with Crippen molar-refractivity contribution >= 4 is 17.5 Å². The van der Waals surface area contributed by atoms with E-state index < -0.39 is 4.92 Å². The lowest BCUT2D eigenvalue weighted by atomic mass is 10.2. The molecule has 0 saturated carbocycles. The lowest BCUT2D eigenvalue weighted by Gasteiger charge is -2.08. The highest BCUT2D eigenvalue weighted by Crippen LogP contribution is 2.26. The van der Waals surface area contributed by atoms with Crippen LogP contribution in [0.2, 0.25) is 0 Å². The van der Waals surface area contributed by atoms with Crippen LogP contribution in [0.25, 0.3) is 0 Å². The van der Waals surface area contributed by atoms with E-state index in [0.717, 1.165) is 5.56 Å². The minimum Gasteiger partial charge on any atom is -0.481 e. The minimum absolute atomic E-state index is 0.0199. The Hall–Kier alpha value is -2.97. The summed E-state index contributed by atoms with van der Waals surface area (Å²) in [4.78, 5) is 22.2. The normalized spacial score (nSPS) is 10.2. The van der Waals surface area contributed by atoms with E-state index in [1.165, 1.54) is 14.0 Å². The Morgan fingerprint density at radius 2 is 2.19 bits per heavy atom. The number of ether oxygens (including phenoxy) is 1. The van der Waals surface area contributed by atoms with Gasteiger partial charge in [0.1, 0.15) is 5.69 Å². The van der Waals surface area contributed by atoms with Crippen LogP contribution in [0.3, 0.4) is 0 Å². The summed E-state index contributed by atoms with van der Waals surface area (Å²) >= 11 is 0. The molecule has 0 aromatic carbocycles. The number of pyridine rings is 1. The van der Waals surface area contributed by atoms with Gasteiger partial charge in [-0.2, -0.15) is 4.98 Å². The molecule has 9 heteroatoms. The van der Waals surface area contributed by atoms with Crippen LogP contribution in [0.4, 0.5) is 17.5 Å². The molecule has 9 nitrogen and oxygen atoms in total. The van der Waals surface area contributed by atoms with E-state index in [4.69, 9.17) is 10.5 Å². The number of nitrogens with zero attached hydrogens (tertiary/aromatic N) is 4. The number of hydrogen-bond acceptors (Lipinski definition) is 8. The molecular weight excluding hydrogens is 276 g/mol. The van der Waals surface area contributed by atoms with Gasteiger partial charge in [-0.05, 0) is 12.5 Å². The second-order valence-electron chi connectivity index (χ2n) is 4.18. The van der Waals surface area contributed by atoms with Gasteiger partial charge in [0.05, 0.1) is 12.0 Å². The first kappa shape index (κ1) is 14.4. The molecule has 0 saturated heterocycles. The van der Waals surface area contributed by atoms with Crippen LogP contribution in [-0.2, 0) is 6.54 Å². The van der Waals surface area contributed by atoms with Crippen molar-refractivity contribution in [1.29, 1.82) is 0 Å². The van der Waals surface area contributed by atoms with Gasteiger partial charge < -0.3 is 15.8 Å². The maximum atomic E-state index is 11.1. The zero-order valence-corrected chi connectivity index (χ0v) is 11.5. The quantitative estimate of drug-likeness (QED) is 0.622. The van der Waals surface area contributed by atoms with Crippen molar-refractivity contribution in [3.63, 3.8) is 0 Å². The van der Waals surface area contributed by atoms with E-state index >= 15 is 0 Å². The molecule has 0 aliphatic rings.